The Morgan fingerprint density at radius 1 is 1.50 bits per heavy atom. The van der Waals surface area contributed by atoms with Gasteiger partial charge in [-0.1, -0.05) is 22.9 Å². The number of aliphatic hydroxyl groups excluding tert-OH is 1. The van der Waals surface area contributed by atoms with E-state index in [1.807, 2.05) is 0 Å². The molecule has 2 aliphatic rings. The SMILES string of the molecule is CC1CN(CC2(CBr)CC2)CCC1O. The molecule has 1 saturated heterocycles. The van der Waals surface area contributed by atoms with Crippen LogP contribution in [0.4, 0.5) is 0 Å². The molecule has 0 aromatic heterocycles. The molecule has 0 spiro atoms. The summed E-state index contributed by atoms with van der Waals surface area (Å²) in [7, 11) is 0. The van der Waals surface area contributed by atoms with Gasteiger partial charge in [-0.15, -0.1) is 0 Å². The second-order valence-electron chi connectivity index (χ2n) is 5.20. The zero-order valence-corrected chi connectivity index (χ0v) is 10.5. The van der Waals surface area contributed by atoms with Crippen molar-refractivity contribution in [1.29, 1.82) is 0 Å². The predicted octanol–water partition coefficient (Wildman–Crippen LogP) is 1.86. The molecule has 2 fully saturated rings. The van der Waals surface area contributed by atoms with E-state index in [9.17, 15) is 5.11 Å². The van der Waals surface area contributed by atoms with Crippen LogP contribution in [0, 0.1) is 11.3 Å². The third kappa shape index (κ3) is 2.31. The fraction of sp³-hybridized carbons (Fsp3) is 1.00. The topological polar surface area (TPSA) is 23.5 Å². The number of halogens is 1. The van der Waals surface area contributed by atoms with Gasteiger partial charge in [-0.2, -0.15) is 0 Å². The normalized spacial score (nSPS) is 37.1. The number of hydrogen-bond acceptors (Lipinski definition) is 2. The van der Waals surface area contributed by atoms with Crippen molar-refractivity contribution in [1.82, 2.24) is 4.90 Å². The van der Waals surface area contributed by atoms with Crippen molar-refractivity contribution in [3.8, 4) is 0 Å². The average Bonchev–Trinajstić information content (AvgIpc) is 2.93. The first-order valence-electron chi connectivity index (χ1n) is 5.62. The first kappa shape index (κ1) is 10.9. The molecule has 1 aliphatic carbocycles. The highest BCUT2D eigenvalue weighted by molar-refractivity contribution is 9.09. The van der Waals surface area contributed by atoms with Gasteiger partial charge in [0.05, 0.1) is 6.10 Å². The predicted molar refractivity (Wildman–Crippen MR) is 61.7 cm³/mol. The lowest BCUT2D eigenvalue weighted by molar-refractivity contribution is 0.0287. The quantitative estimate of drug-likeness (QED) is 0.785. The van der Waals surface area contributed by atoms with Gasteiger partial charge in [0.2, 0.25) is 0 Å². The fourth-order valence-electron chi connectivity index (χ4n) is 2.35. The summed E-state index contributed by atoms with van der Waals surface area (Å²) in [5.41, 5.74) is 0.585. The molecule has 2 atom stereocenters. The lowest BCUT2D eigenvalue weighted by Crippen LogP contribution is -2.44. The fourth-order valence-corrected chi connectivity index (χ4v) is 3.09. The first-order chi connectivity index (χ1) is 6.65. The molecule has 0 amide bonds. The van der Waals surface area contributed by atoms with Crippen LogP contribution in [-0.4, -0.2) is 41.1 Å². The van der Waals surface area contributed by atoms with Crippen LogP contribution in [0.15, 0.2) is 0 Å². The minimum atomic E-state index is -0.0645. The van der Waals surface area contributed by atoms with Crippen molar-refractivity contribution in [3.05, 3.63) is 0 Å². The van der Waals surface area contributed by atoms with Gasteiger partial charge in [0.1, 0.15) is 0 Å². The zero-order valence-electron chi connectivity index (χ0n) is 8.88. The number of hydrogen-bond donors (Lipinski definition) is 1. The maximum atomic E-state index is 9.63. The Bertz CT molecular complexity index is 205. The van der Waals surface area contributed by atoms with Gasteiger partial charge in [-0.05, 0) is 30.6 Å². The van der Waals surface area contributed by atoms with Crippen molar-refractivity contribution >= 4 is 15.9 Å². The lowest BCUT2D eigenvalue weighted by Gasteiger charge is -2.36. The molecule has 1 aliphatic heterocycles. The van der Waals surface area contributed by atoms with Crippen molar-refractivity contribution in [2.24, 2.45) is 11.3 Å². The maximum Gasteiger partial charge on any atom is 0.0590 e. The average molecular weight is 262 g/mol. The van der Waals surface area contributed by atoms with Crippen molar-refractivity contribution < 1.29 is 5.11 Å². The Morgan fingerprint density at radius 3 is 2.71 bits per heavy atom. The van der Waals surface area contributed by atoms with E-state index in [0.717, 1.165) is 24.8 Å². The van der Waals surface area contributed by atoms with E-state index in [1.165, 1.54) is 19.4 Å². The van der Waals surface area contributed by atoms with Crippen LogP contribution in [0.3, 0.4) is 0 Å². The highest BCUT2D eigenvalue weighted by atomic mass is 79.9. The largest absolute Gasteiger partial charge is 0.393 e. The van der Waals surface area contributed by atoms with Crippen LogP contribution in [0.2, 0.25) is 0 Å². The zero-order chi connectivity index (χ0) is 10.2. The molecular formula is C11H20BrNO. The van der Waals surface area contributed by atoms with Crippen LogP contribution < -0.4 is 0 Å². The van der Waals surface area contributed by atoms with Crippen LogP contribution >= 0.6 is 15.9 Å². The van der Waals surface area contributed by atoms with E-state index in [4.69, 9.17) is 0 Å². The molecule has 3 heteroatoms. The van der Waals surface area contributed by atoms with Gasteiger partial charge in [0.15, 0.2) is 0 Å². The van der Waals surface area contributed by atoms with Crippen molar-refractivity contribution in [3.63, 3.8) is 0 Å². The van der Waals surface area contributed by atoms with Gasteiger partial charge in [0.25, 0.3) is 0 Å². The van der Waals surface area contributed by atoms with E-state index in [0.29, 0.717) is 11.3 Å². The summed E-state index contributed by atoms with van der Waals surface area (Å²) >= 11 is 3.61. The molecular weight excluding hydrogens is 242 g/mol. The summed E-state index contributed by atoms with van der Waals surface area (Å²) in [6.45, 7) is 5.55. The summed E-state index contributed by atoms with van der Waals surface area (Å²) in [4.78, 5) is 2.53. The number of rotatable bonds is 3. The second kappa shape index (κ2) is 4.11. The number of alkyl halides is 1. The van der Waals surface area contributed by atoms with Crippen LogP contribution in [-0.2, 0) is 0 Å². The Kier molecular flexibility index (Phi) is 3.20. The smallest absolute Gasteiger partial charge is 0.0590 e. The van der Waals surface area contributed by atoms with E-state index >= 15 is 0 Å². The van der Waals surface area contributed by atoms with Crippen molar-refractivity contribution in [2.45, 2.75) is 32.3 Å². The maximum absolute atomic E-state index is 9.63. The Morgan fingerprint density at radius 2 is 2.21 bits per heavy atom. The molecule has 82 valence electrons. The number of nitrogens with zero attached hydrogens (tertiary/aromatic N) is 1. The minimum Gasteiger partial charge on any atom is -0.393 e. The molecule has 1 N–H and O–H groups in total. The van der Waals surface area contributed by atoms with Gasteiger partial charge >= 0.3 is 0 Å². The molecule has 14 heavy (non-hydrogen) atoms. The molecule has 2 unspecified atom stereocenters. The first-order valence-corrected chi connectivity index (χ1v) is 6.74. The standard InChI is InChI=1S/C11H20BrNO/c1-9-6-13(5-2-10(9)14)8-11(7-12)3-4-11/h9-10,14H,2-8H2,1H3. The number of likely N-dealkylation sites (tertiary alicyclic amines) is 1. The van der Waals surface area contributed by atoms with E-state index < -0.39 is 0 Å². The number of piperidine rings is 1. The molecule has 0 bridgehead atoms. The molecule has 2 rings (SSSR count). The molecule has 0 aromatic carbocycles. The summed E-state index contributed by atoms with van der Waals surface area (Å²) < 4.78 is 0. The van der Waals surface area contributed by atoms with Gasteiger partial charge < -0.3 is 10.0 Å². The lowest BCUT2D eigenvalue weighted by atomic mass is 9.95. The highest BCUT2D eigenvalue weighted by Gasteiger charge is 2.43. The third-order valence-corrected chi connectivity index (χ3v) is 4.93. The van der Waals surface area contributed by atoms with E-state index in [2.05, 4.69) is 27.8 Å². The van der Waals surface area contributed by atoms with Crippen molar-refractivity contribution in [2.75, 3.05) is 25.0 Å². The Labute approximate surface area is 94.8 Å². The molecule has 0 radical (unpaired) electrons. The summed E-state index contributed by atoms with van der Waals surface area (Å²) in [5, 5.41) is 10.8. The van der Waals surface area contributed by atoms with E-state index in [-0.39, 0.29) is 6.10 Å². The second-order valence-corrected chi connectivity index (χ2v) is 5.76. The highest BCUT2D eigenvalue weighted by Crippen LogP contribution is 2.47. The summed E-state index contributed by atoms with van der Waals surface area (Å²) in [6.07, 6.45) is 3.65. The summed E-state index contributed by atoms with van der Waals surface area (Å²) in [6, 6.07) is 0. The molecule has 2 nitrogen and oxygen atoms in total. The van der Waals surface area contributed by atoms with Gasteiger partial charge in [0, 0.05) is 25.0 Å². The van der Waals surface area contributed by atoms with Crippen LogP contribution in [0.1, 0.15) is 26.2 Å². The minimum absolute atomic E-state index is 0.0645. The van der Waals surface area contributed by atoms with Crippen LogP contribution in [0.25, 0.3) is 0 Å². The Balaban J connectivity index is 1.82. The number of aliphatic hydroxyl groups is 1. The van der Waals surface area contributed by atoms with Gasteiger partial charge in [-0.25, -0.2) is 0 Å². The molecule has 0 aromatic rings. The van der Waals surface area contributed by atoms with Gasteiger partial charge in [-0.3, -0.25) is 0 Å². The third-order valence-electron chi connectivity index (χ3n) is 3.74. The molecule has 1 saturated carbocycles. The Hall–Kier alpha value is 0.400. The molecule has 1 heterocycles. The van der Waals surface area contributed by atoms with E-state index in [1.54, 1.807) is 0 Å². The van der Waals surface area contributed by atoms with Crippen LogP contribution in [0.5, 0.6) is 0 Å². The summed E-state index contributed by atoms with van der Waals surface area (Å²) in [5.74, 6) is 0.454. The monoisotopic (exact) mass is 261 g/mol.